The Morgan fingerprint density at radius 2 is 1.42 bits per heavy atom. The average molecular weight is 447 g/mol. The molecule has 0 aliphatic carbocycles. The van der Waals surface area contributed by atoms with Crippen molar-refractivity contribution in [3.63, 3.8) is 0 Å². The Bertz CT molecular complexity index is 1070. The van der Waals surface area contributed by atoms with Crippen LogP contribution < -0.4 is 5.32 Å². The minimum Gasteiger partial charge on any atom is -0.340 e. The highest BCUT2D eigenvalue weighted by Crippen LogP contribution is 2.15. The van der Waals surface area contributed by atoms with Crippen molar-refractivity contribution in [3.8, 4) is 0 Å². The molecule has 4 aromatic rings. The zero-order valence-electron chi connectivity index (χ0n) is 17.0. The van der Waals surface area contributed by atoms with Gasteiger partial charge in [0.2, 0.25) is 0 Å². The minimum atomic E-state index is 0.643. The number of hydrogen-bond acceptors (Lipinski definition) is 2. The van der Waals surface area contributed by atoms with Crippen molar-refractivity contribution in [1.82, 2.24) is 14.5 Å². The summed E-state index contributed by atoms with van der Waals surface area (Å²) in [5, 5.41) is 4.68. The Hall–Kier alpha value is -3.15. The van der Waals surface area contributed by atoms with Crippen molar-refractivity contribution in [2.75, 3.05) is 5.32 Å². The van der Waals surface area contributed by atoms with E-state index < -0.39 is 0 Å². The Labute approximate surface area is 193 Å². The molecule has 0 radical (unpaired) electrons. The van der Waals surface area contributed by atoms with Gasteiger partial charge in [-0.3, -0.25) is 0 Å². The summed E-state index contributed by atoms with van der Waals surface area (Å²) < 4.78 is 2.02. The molecule has 0 fully saturated rings. The van der Waals surface area contributed by atoms with E-state index in [0.29, 0.717) is 18.2 Å². The van der Waals surface area contributed by atoms with Gasteiger partial charge < -0.3 is 14.8 Å². The Morgan fingerprint density at radius 3 is 2.00 bits per heavy atom. The summed E-state index contributed by atoms with van der Waals surface area (Å²) in [6.45, 7) is 2.15. The van der Waals surface area contributed by atoms with Gasteiger partial charge in [0, 0.05) is 30.9 Å². The van der Waals surface area contributed by atoms with Crippen LogP contribution in [0.2, 0.25) is 5.02 Å². The van der Waals surface area contributed by atoms with Gasteiger partial charge in [0.1, 0.15) is 5.82 Å². The third-order valence-corrected chi connectivity index (χ3v) is 5.48. The maximum Gasteiger partial charge on any atom is 0.175 e. The van der Waals surface area contributed by atoms with Gasteiger partial charge in [-0.15, -0.1) is 0 Å². The second kappa shape index (κ2) is 10.2. The third kappa shape index (κ3) is 6.17. The first-order chi connectivity index (χ1) is 15.2. The lowest BCUT2D eigenvalue weighted by Crippen LogP contribution is -2.33. The van der Waals surface area contributed by atoms with Crippen LogP contribution in [0.4, 0.5) is 5.82 Å². The van der Waals surface area contributed by atoms with Crippen molar-refractivity contribution in [3.05, 3.63) is 119 Å². The summed E-state index contributed by atoms with van der Waals surface area (Å²) in [4.78, 5) is 6.63. The fourth-order valence-corrected chi connectivity index (χ4v) is 3.67. The van der Waals surface area contributed by atoms with E-state index in [1.807, 2.05) is 71.4 Å². The van der Waals surface area contributed by atoms with E-state index in [1.165, 1.54) is 11.1 Å². The van der Waals surface area contributed by atoms with Gasteiger partial charge in [-0.25, -0.2) is 4.98 Å². The van der Waals surface area contributed by atoms with Crippen molar-refractivity contribution >= 4 is 34.7 Å². The number of aromatic nitrogens is 2. The summed E-state index contributed by atoms with van der Waals surface area (Å²) in [6.07, 6.45) is 3.77. The van der Waals surface area contributed by atoms with Gasteiger partial charge in [0.05, 0.1) is 6.33 Å². The van der Waals surface area contributed by atoms with Gasteiger partial charge >= 0.3 is 0 Å². The molecular formula is C25H23ClN4S. The van der Waals surface area contributed by atoms with Crippen LogP contribution in [0.5, 0.6) is 0 Å². The number of nitrogens with zero attached hydrogens (tertiary/aromatic N) is 3. The number of rotatable bonds is 7. The monoisotopic (exact) mass is 446 g/mol. The number of halogens is 1. The molecule has 1 N–H and O–H groups in total. The minimum absolute atomic E-state index is 0.643. The number of imidazole rings is 1. The summed E-state index contributed by atoms with van der Waals surface area (Å²) in [6, 6.07) is 28.5. The van der Waals surface area contributed by atoms with E-state index in [2.05, 4.69) is 39.5 Å². The fourth-order valence-electron chi connectivity index (χ4n) is 3.31. The van der Waals surface area contributed by atoms with E-state index in [0.717, 1.165) is 22.9 Å². The Morgan fingerprint density at radius 1 is 0.839 bits per heavy atom. The predicted octanol–water partition coefficient (Wildman–Crippen LogP) is 5.98. The average Bonchev–Trinajstić information content (AvgIpc) is 3.23. The first-order valence-electron chi connectivity index (χ1n) is 10.1. The Kier molecular flexibility index (Phi) is 6.97. The van der Waals surface area contributed by atoms with Gasteiger partial charge in [-0.05, 0) is 41.0 Å². The van der Waals surface area contributed by atoms with E-state index in [1.54, 1.807) is 6.33 Å². The predicted molar refractivity (Wildman–Crippen MR) is 131 cm³/mol. The van der Waals surface area contributed by atoms with Crippen LogP contribution in [0.3, 0.4) is 0 Å². The molecule has 0 unspecified atom stereocenters. The van der Waals surface area contributed by atoms with Crippen LogP contribution in [-0.4, -0.2) is 19.6 Å². The zero-order valence-corrected chi connectivity index (χ0v) is 18.6. The van der Waals surface area contributed by atoms with Gasteiger partial charge in [0.25, 0.3) is 0 Å². The number of hydrogen-bond donors (Lipinski definition) is 1. The molecule has 0 bridgehead atoms. The second-order valence-electron chi connectivity index (χ2n) is 7.32. The number of anilines is 1. The van der Waals surface area contributed by atoms with Gasteiger partial charge in [-0.2, -0.15) is 0 Å². The highest BCUT2D eigenvalue weighted by atomic mass is 35.5. The molecule has 0 saturated heterocycles. The molecule has 4 rings (SSSR count). The summed E-state index contributed by atoms with van der Waals surface area (Å²) in [5.41, 5.74) is 3.57. The van der Waals surface area contributed by atoms with Crippen LogP contribution in [0.15, 0.2) is 97.5 Å². The largest absolute Gasteiger partial charge is 0.340 e. The first kappa shape index (κ1) is 21.1. The van der Waals surface area contributed by atoms with Crippen LogP contribution in [0.25, 0.3) is 0 Å². The zero-order chi connectivity index (χ0) is 21.5. The maximum absolute atomic E-state index is 5.97. The molecule has 156 valence electrons. The van der Waals surface area contributed by atoms with Crippen molar-refractivity contribution in [2.24, 2.45) is 0 Å². The highest BCUT2D eigenvalue weighted by Gasteiger charge is 2.13. The van der Waals surface area contributed by atoms with Crippen molar-refractivity contribution < 1.29 is 0 Å². The molecular weight excluding hydrogens is 424 g/mol. The molecule has 1 heterocycles. The highest BCUT2D eigenvalue weighted by molar-refractivity contribution is 7.80. The summed E-state index contributed by atoms with van der Waals surface area (Å²) in [7, 11) is 0. The lowest BCUT2D eigenvalue weighted by molar-refractivity contribution is 0.413. The topological polar surface area (TPSA) is 33.1 Å². The third-order valence-electron chi connectivity index (χ3n) is 4.87. The smallest absolute Gasteiger partial charge is 0.175 e. The molecule has 31 heavy (non-hydrogen) atoms. The molecule has 0 amide bonds. The van der Waals surface area contributed by atoms with Crippen LogP contribution in [-0.2, 0) is 19.6 Å². The molecule has 4 nitrogen and oxygen atoms in total. The van der Waals surface area contributed by atoms with Crippen molar-refractivity contribution in [2.45, 2.75) is 19.6 Å². The number of benzene rings is 3. The Balaban J connectivity index is 1.45. The summed E-state index contributed by atoms with van der Waals surface area (Å²) in [5.74, 6) is 0.727. The molecule has 6 heteroatoms. The fraction of sp³-hybridized carbons (Fsp3) is 0.120. The van der Waals surface area contributed by atoms with Crippen molar-refractivity contribution in [1.29, 1.82) is 0 Å². The van der Waals surface area contributed by atoms with Crippen LogP contribution in [0.1, 0.15) is 16.7 Å². The molecule has 0 saturated carbocycles. The van der Waals surface area contributed by atoms with E-state index in [4.69, 9.17) is 23.8 Å². The normalized spacial score (nSPS) is 10.6. The van der Waals surface area contributed by atoms with E-state index in [9.17, 15) is 0 Å². The number of thiocarbonyl (C=S) groups is 1. The molecule has 0 atom stereocenters. The van der Waals surface area contributed by atoms with E-state index >= 15 is 0 Å². The second-order valence-corrected chi connectivity index (χ2v) is 8.14. The molecule has 3 aromatic carbocycles. The first-order valence-corrected chi connectivity index (χ1v) is 10.8. The van der Waals surface area contributed by atoms with Gasteiger partial charge in [0.15, 0.2) is 5.11 Å². The molecule has 1 aromatic heterocycles. The van der Waals surface area contributed by atoms with Crippen LogP contribution in [0, 0.1) is 0 Å². The molecule has 0 aliphatic rings. The number of nitrogens with one attached hydrogen (secondary N) is 1. The molecule has 0 aliphatic heterocycles. The lowest BCUT2D eigenvalue weighted by atomic mass is 10.2. The summed E-state index contributed by atoms with van der Waals surface area (Å²) >= 11 is 11.7. The van der Waals surface area contributed by atoms with E-state index in [-0.39, 0.29) is 0 Å². The van der Waals surface area contributed by atoms with Crippen LogP contribution >= 0.6 is 23.8 Å². The molecule has 0 spiro atoms. The SMILES string of the molecule is S=C(Nc1cn(Cc2ccc(Cl)cc2)cn1)N(Cc1ccccc1)Cc1ccccc1. The lowest BCUT2D eigenvalue weighted by Gasteiger charge is -2.25. The van der Waals surface area contributed by atoms with Gasteiger partial charge in [-0.1, -0.05) is 84.4 Å². The quantitative estimate of drug-likeness (QED) is 0.354. The maximum atomic E-state index is 5.97. The standard InChI is InChI=1S/C25H23ClN4S/c26-23-13-11-22(12-14-23)15-29-18-24(27-19-29)28-25(31)30(16-20-7-3-1-4-8-20)17-21-9-5-2-6-10-21/h1-14,18-19H,15-17H2,(H,28,31).